The molecule has 3 aromatic heterocycles. The minimum absolute atomic E-state index is 0.0196. The van der Waals surface area contributed by atoms with Crippen molar-refractivity contribution in [2.24, 2.45) is 0 Å². The molecule has 3 rings (SSSR count). The molecule has 2 amide bonds. The first kappa shape index (κ1) is 31.5. The highest BCUT2D eigenvalue weighted by molar-refractivity contribution is 5.81. The fourth-order valence-electron chi connectivity index (χ4n) is 4.59. The van der Waals surface area contributed by atoms with Gasteiger partial charge in [-0.25, -0.2) is 19.7 Å². The molecule has 0 aliphatic rings. The maximum Gasteiger partial charge on any atom is 0.328 e. The highest BCUT2D eigenvalue weighted by atomic mass is 16.2. The van der Waals surface area contributed by atoms with E-state index in [1.165, 1.54) is 49.2 Å². The highest BCUT2D eigenvalue weighted by Crippen LogP contribution is 2.14. The first-order valence-corrected chi connectivity index (χ1v) is 14.6. The Morgan fingerprint density at radius 3 is 1.93 bits per heavy atom. The fraction of sp³-hybridized carbons (Fsp3) is 0.607. The standard InChI is InChI=1S/C28H43N9O4/c1-21-18-36(28(41)35-27(21)40)16-12-22(38)30-14-10-8-6-4-2-3-5-7-9-11-15-31-23(39)13-17-37-20-34-24-25(29)32-19-33-26(24)37/h18-20H,2-17H2,1H3,(H,30,38)(H,31,39)(H2,29,32,33)(H,35,40,41). The summed E-state index contributed by atoms with van der Waals surface area (Å²) in [5.41, 5.74) is 6.55. The van der Waals surface area contributed by atoms with Gasteiger partial charge in [0.15, 0.2) is 11.5 Å². The number of aromatic amines is 1. The molecule has 0 unspecified atom stereocenters. The Bertz CT molecular complexity index is 1380. The first-order chi connectivity index (χ1) is 19.8. The lowest BCUT2D eigenvalue weighted by atomic mass is 10.1. The number of aromatic nitrogens is 6. The minimum atomic E-state index is -0.492. The van der Waals surface area contributed by atoms with E-state index in [1.54, 1.807) is 13.3 Å². The lowest BCUT2D eigenvalue weighted by Crippen LogP contribution is -2.33. The van der Waals surface area contributed by atoms with Crippen LogP contribution < -0.4 is 27.6 Å². The average Bonchev–Trinajstić information content (AvgIpc) is 3.37. The van der Waals surface area contributed by atoms with Gasteiger partial charge in [0.1, 0.15) is 11.8 Å². The van der Waals surface area contributed by atoms with Crippen LogP contribution in [0.15, 0.2) is 28.4 Å². The van der Waals surface area contributed by atoms with Crippen LogP contribution in [0.3, 0.4) is 0 Å². The van der Waals surface area contributed by atoms with Gasteiger partial charge in [-0.15, -0.1) is 0 Å². The van der Waals surface area contributed by atoms with Crippen LogP contribution in [0.5, 0.6) is 0 Å². The SMILES string of the molecule is Cc1cn(CCC(=O)NCCCCCCCCCCCCNC(=O)CCn2cnc3c(N)ncnc32)c(=O)[nH]c1=O. The van der Waals surface area contributed by atoms with Crippen LogP contribution in [0.4, 0.5) is 5.82 Å². The Balaban J connectivity index is 1.08. The molecule has 13 nitrogen and oxygen atoms in total. The molecule has 41 heavy (non-hydrogen) atoms. The van der Waals surface area contributed by atoms with Crippen LogP contribution in [0.1, 0.15) is 82.6 Å². The molecule has 224 valence electrons. The zero-order valence-electron chi connectivity index (χ0n) is 24.0. The summed E-state index contributed by atoms with van der Waals surface area (Å²) < 4.78 is 3.17. The van der Waals surface area contributed by atoms with Gasteiger partial charge in [0.05, 0.1) is 6.33 Å². The largest absolute Gasteiger partial charge is 0.382 e. The van der Waals surface area contributed by atoms with Gasteiger partial charge < -0.3 is 20.9 Å². The van der Waals surface area contributed by atoms with Crippen molar-refractivity contribution in [3.8, 4) is 0 Å². The van der Waals surface area contributed by atoms with Crippen LogP contribution in [-0.4, -0.2) is 54.0 Å². The fourth-order valence-corrected chi connectivity index (χ4v) is 4.59. The van der Waals surface area contributed by atoms with Crippen LogP contribution in [0, 0.1) is 6.92 Å². The van der Waals surface area contributed by atoms with Crippen molar-refractivity contribution in [2.75, 3.05) is 18.8 Å². The normalized spacial score (nSPS) is 11.1. The summed E-state index contributed by atoms with van der Waals surface area (Å²) in [6.07, 6.45) is 16.4. The maximum atomic E-state index is 12.1. The van der Waals surface area contributed by atoms with E-state index in [0.29, 0.717) is 48.6 Å². The van der Waals surface area contributed by atoms with Crippen LogP contribution in [-0.2, 0) is 22.7 Å². The van der Waals surface area contributed by atoms with Gasteiger partial charge in [0, 0.05) is 50.8 Å². The Hall–Kier alpha value is -4.03. The number of carbonyl (C=O) groups excluding carboxylic acids is 2. The third kappa shape index (κ3) is 10.8. The molecule has 0 saturated heterocycles. The monoisotopic (exact) mass is 569 g/mol. The number of rotatable bonds is 19. The van der Waals surface area contributed by atoms with Crippen molar-refractivity contribution in [3.63, 3.8) is 0 Å². The summed E-state index contributed by atoms with van der Waals surface area (Å²) in [7, 11) is 0. The summed E-state index contributed by atoms with van der Waals surface area (Å²) in [5, 5.41) is 5.88. The number of amides is 2. The van der Waals surface area contributed by atoms with Crippen molar-refractivity contribution in [1.29, 1.82) is 0 Å². The molecular weight excluding hydrogens is 526 g/mol. The number of hydrogen-bond donors (Lipinski definition) is 4. The number of nitrogens with two attached hydrogens (primary N) is 1. The number of unbranched alkanes of at least 4 members (excludes halogenated alkanes) is 9. The van der Waals surface area contributed by atoms with Crippen molar-refractivity contribution < 1.29 is 9.59 Å². The summed E-state index contributed by atoms with van der Waals surface area (Å²) in [4.78, 5) is 61.9. The second kappa shape index (κ2) is 16.9. The van der Waals surface area contributed by atoms with Gasteiger partial charge in [-0.1, -0.05) is 51.4 Å². The van der Waals surface area contributed by atoms with E-state index in [9.17, 15) is 19.2 Å². The van der Waals surface area contributed by atoms with Crippen LogP contribution in [0.2, 0.25) is 0 Å². The number of fused-ring (bicyclic) bond motifs is 1. The molecule has 0 spiro atoms. The highest BCUT2D eigenvalue weighted by Gasteiger charge is 2.09. The van der Waals surface area contributed by atoms with Crippen molar-refractivity contribution in [2.45, 2.75) is 97.1 Å². The van der Waals surface area contributed by atoms with Crippen molar-refractivity contribution in [1.82, 2.24) is 39.7 Å². The predicted molar refractivity (Wildman–Crippen MR) is 157 cm³/mol. The van der Waals surface area contributed by atoms with E-state index in [0.717, 1.165) is 32.1 Å². The summed E-state index contributed by atoms with van der Waals surface area (Å²) >= 11 is 0. The number of anilines is 1. The zero-order chi connectivity index (χ0) is 29.5. The molecule has 0 atom stereocenters. The smallest absolute Gasteiger partial charge is 0.328 e. The number of H-pyrrole nitrogens is 1. The predicted octanol–water partition coefficient (Wildman–Crippen LogP) is 2.18. The molecule has 0 aromatic carbocycles. The summed E-state index contributed by atoms with van der Waals surface area (Å²) in [6, 6.07) is 0. The van der Waals surface area contributed by atoms with Crippen LogP contribution >= 0.6 is 0 Å². The molecule has 0 bridgehead atoms. The number of nitrogens with zero attached hydrogens (tertiary/aromatic N) is 5. The van der Waals surface area contributed by atoms with Gasteiger partial charge in [-0.2, -0.15) is 0 Å². The number of hydrogen-bond acceptors (Lipinski definition) is 8. The third-order valence-corrected chi connectivity index (χ3v) is 7.03. The lowest BCUT2D eigenvalue weighted by molar-refractivity contribution is -0.122. The van der Waals surface area contributed by atoms with E-state index in [-0.39, 0.29) is 24.8 Å². The molecule has 0 aliphatic carbocycles. The quantitative estimate of drug-likeness (QED) is 0.158. The molecular formula is C28H43N9O4. The maximum absolute atomic E-state index is 12.1. The summed E-state index contributed by atoms with van der Waals surface area (Å²) in [5.74, 6) is 0.266. The Morgan fingerprint density at radius 2 is 1.34 bits per heavy atom. The van der Waals surface area contributed by atoms with Gasteiger partial charge in [-0.05, 0) is 19.8 Å². The molecule has 3 aromatic rings. The molecule has 5 N–H and O–H groups in total. The second-order valence-corrected chi connectivity index (χ2v) is 10.4. The molecule has 0 fully saturated rings. The first-order valence-electron chi connectivity index (χ1n) is 14.6. The van der Waals surface area contributed by atoms with Crippen LogP contribution in [0.25, 0.3) is 11.2 Å². The molecule has 0 saturated carbocycles. The number of nitrogen functional groups attached to an aromatic ring is 1. The number of carbonyl (C=O) groups is 2. The topological polar surface area (TPSA) is 183 Å². The molecule has 3 heterocycles. The number of imidazole rings is 1. The summed E-state index contributed by atoms with van der Waals surface area (Å²) in [6.45, 7) is 3.70. The van der Waals surface area contributed by atoms with E-state index < -0.39 is 11.2 Å². The van der Waals surface area contributed by atoms with Gasteiger partial charge in [-0.3, -0.25) is 23.9 Å². The third-order valence-electron chi connectivity index (χ3n) is 7.03. The Morgan fingerprint density at radius 1 is 0.805 bits per heavy atom. The molecule has 0 aliphatic heterocycles. The second-order valence-electron chi connectivity index (χ2n) is 10.4. The average molecular weight is 570 g/mol. The van der Waals surface area contributed by atoms with E-state index in [2.05, 4.69) is 30.6 Å². The van der Waals surface area contributed by atoms with E-state index in [1.807, 2.05) is 4.57 Å². The van der Waals surface area contributed by atoms with Crippen molar-refractivity contribution >= 4 is 28.8 Å². The van der Waals surface area contributed by atoms with E-state index in [4.69, 9.17) is 5.73 Å². The zero-order valence-corrected chi connectivity index (χ0v) is 24.0. The van der Waals surface area contributed by atoms with E-state index >= 15 is 0 Å². The number of aryl methyl sites for hydroxylation is 3. The van der Waals surface area contributed by atoms with Gasteiger partial charge in [0.2, 0.25) is 11.8 Å². The lowest BCUT2D eigenvalue weighted by Gasteiger charge is -2.08. The number of nitrogens with one attached hydrogen (secondary N) is 3. The Labute approximate surface area is 239 Å². The van der Waals surface area contributed by atoms with Gasteiger partial charge in [0.25, 0.3) is 5.56 Å². The van der Waals surface area contributed by atoms with Gasteiger partial charge >= 0.3 is 5.69 Å². The Kier molecular flexibility index (Phi) is 13.0. The molecule has 0 radical (unpaired) electrons. The van der Waals surface area contributed by atoms with Crippen molar-refractivity contribution in [3.05, 3.63) is 45.3 Å². The minimum Gasteiger partial charge on any atom is -0.382 e. The molecule has 13 heteroatoms.